The second-order valence-corrected chi connectivity index (χ2v) is 8.02. The van der Waals surface area contributed by atoms with E-state index in [-0.39, 0.29) is 24.3 Å². The summed E-state index contributed by atoms with van der Waals surface area (Å²) in [6.07, 6.45) is 0.398. The second kappa shape index (κ2) is 5.32. The minimum absolute atomic E-state index is 0.0423. The number of nitriles is 1. The van der Waals surface area contributed by atoms with Gasteiger partial charge in [0.15, 0.2) is 9.84 Å². The molecule has 1 aromatic rings. The lowest BCUT2D eigenvalue weighted by Gasteiger charge is -2.36. The number of ether oxygens (including phenoxy) is 1. The number of hydrogen-bond donors (Lipinski definition) is 1. The molecule has 5 nitrogen and oxygen atoms in total. The summed E-state index contributed by atoms with van der Waals surface area (Å²) in [6, 6.07) is 9.22. The quantitative estimate of drug-likeness (QED) is 0.906. The van der Waals surface area contributed by atoms with E-state index >= 15 is 0 Å². The van der Waals surface area contributed by atoms with Gasteiger partial charge in [-0.3, -0.25) is 0 Å². The zero-order valence-electron chi connectivity index (χ0n) is 12.2. The first-order valence-corrected chi connectivity index (χ1v) is 8.53. The maximum absolute atomic E-state index is 11.7. The van der Waals surface area contributed by atoms with Gasteiger partial charge in [0, 0.05) is 6.42 Å². The molecule has 21 heavy (non-hydrogen) atoms. The fourth-order valence-corrected chi connectivity index (χ4v) is 4.87. The van der Waals surface area contributed by atoms with Crippen LogP contribution in [0.15, 0.2) is 24.3 Å². The van der Waals surface area contributed by atoms with Gasteiger partial charge in [0.2, 0.25) is 0 Å². The van der Waals surface area contributed by atoms with Crippen LogP contribution in [0.25, 0.3) is 0 Å². The van der Waals surface area contributed by atoms with Crippen molar-refractivity contribution in [2.24, 2.45) is 5.41 Å². The van der Waals surface area contributed by atoms with E-state index in [0.29, 0.717) is 5.75 Å². The molecule has 1 heterocycles. The average Bonchev–Trinajstić information content (AvgIpc) is 2.76. The van der Waals surface area contributed by atoms with Crippen molar-refractivity contribution < 1.29 is 18.3 Å². The lowest BCUT2D eigenvalue weighted by atomic mass is 9.70. The van der Waals surface area contributed by atoms with Gasteiger partial charge >= 0.3 is 0 Å². The van der Waals surface area contributed by atoms with Crippen LogP contribution in [-0.2, 0) is 16.3 Å². The molecule has 0 spiro atoms. The van der Waals surface area contributed by atoms with E-state index in [1.165, 1.54) is 0 Å². The Morgan fingerprint density at radius 3 is 2.48 bits per heavy atom. The first kappa shape index (κ1) is 15.8. The minimum Gasteiger partial charge on any atom is -0.497 e. The van der Waals surface area contributed by atoms with Crippen LogP contribution < -0.4 is 4.74 Å². The molecule has 114 valence electrons. The molecule has 1 N–H and O–H groups in total. The summed E-state index contributed by atoms with van der Waals surface area (Å²) in [6.45, 7) is 1.54. The van der Waals surface area contributed by atoms with Gasteiger partial charge in [-0.25, -0.2) is 8.42 Å². The van der Waals surface area contributed by atoms with Crippen molar-refractivity contribution in [1.29, 1.82) is 5.26 Å². The third kappa shape index (κ3) is 3.04. The fraction of sp³-hybridized carbons (Fsp3) is 0.533. The summed E-state index contributed by atoms with van der Waals surface area (Å²) in [7, 11) is -1.69. The van der Waals surface area contributed by atoms with Crippen molar-refractivity contribution in [1.82, 2.24) is 0 Å². The molecule has 6 heteroatoms. The van der Waals surface area contributed by atoms with Crippen molar-refractivity contribution >= 4 is 9.84 Å². The van der Waals surface area contributed by atoms with E-state index < -0.39 is 20.9 Å². The summed E-state index contributed by atoms with van der Waals surface area (Å²) < 4.78 is 28.5. The number of rotatable bonds is 4. The lowest BCUT2D eigenvalue weighted by molar-refractivity contribution is -0.0262. The Balaban J connectivity index is 2.26. The van der Waals surface area contributed by atoms with Crippen LogP contribution in [0.2, 0.25) is 0 Å². The Bertz CT molecular complexity index is 658. The number of hydrogen-bond acceptors (Lipinski definition) is 5. The van der Waals surface area contributed by atoms with Crippen LogP contribution >= 0.6 is 0 Å². The Kier molecular flexibility index (Phi) is 4.00. The molecule has 0 bridgehead atoms. The number of sulfone groups is 1. The van der Waals surface area contributed by atoms with Crippen molar-refractivity contribution in [2.75, 3.05) is 18.6 Å². The smallest absolute Gasteiger partial charge is 0.152 e. The summed E-state index contributed by atoms with van der Waals surface area (Å²) in [5.74, 6) is 0.385. The van der Waals surface area contributed by atoms with E-state index in [0.717, 1.165) is 5.56 Å². The molecule has 2 unspecified atom stereocenters. The maximum Gasteiger partial charge on any atom is 0.152 e. The van der Waals surface area contributed by atoms with Crippen LogP contribution in [0.5, 0.6) is 5.75 Å². The van der Waals surface area contributed by atoms with E-state index in [1.54, 1.807) is 26.2 Å². The van der Waals surface area contributed by atoms with Crippen molar-refractivity contribution in [3.63, 3.8) is 0 Å². The van der Waals surface area contributed by atoms with E-state index in [1.807, 2.05) is 12.1 Å². The monoisotopic (exact) mass is 309 g/mol. The van der Waals surface area contributed by atoms with E-state index in [4.69, 9.17) is 4.74 Å². The summed E-state index contributed by atoms with van der Waals surface area (Å²) in [5, 5.41) is 20.2. The van der Waals surface area contributed by atoms with Gasteiger partial charge in [-0.1, -0.05) is 12.1 Å². The summed E-state index contributed by atoms with van der Waals surface area (Å²) in [4.78, 5) is 0. The fourth-order valence-electron chi connectivity index (χ4n) is 2.79. The first-order valence-electron chi connectivity index (χ1n) is 6.71. The minimum atomic E-state index is -3.25. The second-order valence-electron chi connectivity index (χ2n) is 5.83. The Morgan fingerprint density at radius 1 is 1.43 bits per heavy atom. The summed E-state index contributed by atoms with van der Waals surface area (Å²) in [5.41, 5.74) is -1.81. The molecule has 1 fully saturated rings. The lowest BCUT2D eigenvalue weighted by Crippen LogP contribution is -2.47. The van der Waals surface area contributed by atoms with E-state index in [9.17, 15) is 18.8 Å². The highest BCUT2D eigenvalue weighted by molar-refractivity contribution is 7.91. The topological polar surface area (TPSA) is 87.4 Å². The third-order valence-corrected chi connectivity index (χ3v) is 6.02. The van der Waals surface area contributed by atoms with Gasteiger partial charge in [-0.2, -0.15) is 5.26 Å². The normalized spacial score (nSPS) is 26.8. The Labute approximate surface area is 125 Å². The Hall–Kier alpha value is -1.58. The van der Waals surface area contributed by atoms with Crippen molar-refractivity contribution in [3.8, 4) is 11.8 Å². The van der Waals surface area contributed by atoms with Crippen molar-refractivity contribution in [3.05, 3.63) is 29.8 Å². The SMILES string of the molecule is COc1ccc(CC(C)(O)C2(C#N)CCS(=O)(=O)C2)cc1. The number of methoxy groups -OCH3 is 1. The molecule has 0 aliphatic carbocycles. The molecular formula is C15H19NO4S. The van der Waals surface area contributed by atoms with Crippen LogP contribution in [0.4, 0.5) is 0 Å². The third-order valence-electron chi connectivity index (χ3n) is 4.26. The van der Waals surface area contributed by atoms with Gasteiger partial charge in [0.1, 0.15) is 11.2 Å². The molecule has 2 rings (SSSR count). The van der Waals surface area contributed by atoms with Gasteiger partial charge in [0.05, 0.1) is 30.3 Å². The van der Waals surface area contributed by atoms with E-state index in [2.05, 4.69) is 6.07 Å². The molecule has 1 aliphatic rings. The molecule has 2 atom stereocenters. The molecule has 1 aliphatic heterocycles. The molecule has 1 saturated heterocycles. The van der Waals surface area contributed by atoms with Gasteiger partial charge in [-0.05, 0) is 31.0 Å². The van der Waals surface area contributed by atoms with Gasteiger partial charge in [-0.15, -0.1) is 0 Å². The van der Waals surface area contributed by atoms with Crippen LogP contribution in [0, 0.1) is 16.7 Å². The predicted molar refractivity (Wildman–Crippen MR) is 78.6 cm³/mol. The highest BCUT2D eigenvalue weighted by Crippen LogP contribution is 2.43. The van der Waals surface area contributed by atoms with Crippen LogP contribution in [0.1, 0.15) is 18.9 Å². The zero-order chi connectivity index (χ0) is 15.7. The Morgan fingerprint density at radius 2 is 2.05 bits per heavy atom. The number of benzene rings is 1. The average molecular weight is 309 g/mol. The van der Waals surface area contributed by atoms with Crippen molar-refractivity contribution in [2.45, 2.75) is 25.4 Å². The van der Waals surface area contributed by atoms with Crippen LogP contribution in [0.3, 0.4) is 0 Å². The molecular weight excluding hydrogens is 290 g/mol. The molecule has 0 saturated carbocycles. The molecule has 0 aromatic heterocycles. The predicted octanol–water partition coefficient (Wildman–Crippen LogP) is 1.32. The first-order chi connectivity index (χ1) is 9.74. The largest absolute Gasteiger partial charge is 0.497 e. The summed E-state index contributed by atoms with van der Waals surface area (Å²) >= 11 is 0. The molecule has 1 aromatic carbocycles. The van der Waals surface area contributed by atoms with Gasteiger partial charge in [0.25, 0.3) is 0 Å². The molecule has 0 amide bonds. The highest BCUT2D eigenvalue weighted by Gasteiger charge is 2.54. The standard InChI is InChI=1S/C15H19NO4S/c1-14(17,9-12-3-5-13(20-2)6-4-12)15(10-16)7-8-21(18,19)11-15/h3-6,17H,7-9,11H2,1-2H3. The van der Waals surface area contributed by atoms with Gasteiger partial charge < -0.3 is 9.84 Å². The maximum atomic E-state index is 11.7. The van der Waals surface area contributed by atoms with Crippen LogP contribution in [-0.4, -0.2) is 37.7 Å². The number of nitrogens with zero attached hydrogens (tertiary/aromatic N) is 1. The highest BCUT2D eigenvalue weighted by atomic mass is 32.2. The number of aliphatic hydroxyl groups is 1. The molecule has 0 radical (unpaired) electrons. The zero-order valence-corrected chi connectivity index (χ0v) is 13.0.